The number of rotatable bonds is 6. The van der Waals surface area contributed by atoms with Gasteiger partial charge in [-0.05, 0) is 36.8 Å². The first kappa shape index (κ1) is 15.7. The first-order chi connectivity index (χ1) is 10.1. The summed E-state index contributed by atoms with van der Waals surface area (Å²) in [6.45, 7) is 1.97. The molecule has 2 rings (SSSR count). The van der Waals surface area contributed by atoms with E-state index in [1.807, 2.05) is 55.5 Å². The number of ether oxygens (including phenoxy) is 1. The Balaban J connectivity index is 2.21. The van der Waals surface area contributed by atoms with Crippen molar-refractivity contribution in [1.82, 2.24) is 0 Å². The number of hydrogen-bond donors (Lipinski definition) is 2. The molecule has 0 aliphatic rings. The summed E-state index contributed by atoms with van der Waals surface area (Å²) < 4.78 is 5.37. The highest BCUT2D eigenvalue weighted by atomic mass is 35.5. The molecule has 0 heterocycles. The molecule has 4 heteroatoms. The molecule has 0 spiro atoms. The summed E-state index contributed by atoms with van der Waals surface area (Å²) in [6, 6.07) is 15.3. The molecule has 3 nitrogen and oxygen atoms in total. The lowest BCUT2D eigenvalue weighted by atomic mass is 9.92. The van der Waals surface area contributed by atoms with Crippen molar-refractivity contribution < 1.29 is 9.84 Å². The third-order valence-corrected chi connectivity index (χ3v) is 3.63. The fraction of sp³-hybridized carbons (Fsp3) is 0.294. The third-order valence-electron chi connectivity index (χ3n) is 3.39. The predicted octanol–water partition coefficient (Wildman–Crippen LogP) is 3.75. The lowest BCUT2D eigenvalue weighted by Gasteiger charge is -2.30. The molecule has 1 atom stereocenters. The minimum absolute atomic E-state index is 0.00242. The van der Waals surface area contributed by atoms with Crippen molar-refractivity contribution in [1.29, 1.82) is 0 Å². The number of benzene rings is 2. The van der Waals surface area contributed by atoms with E-state index in [1.165, 1.54) is 0 Å². The molecule has 0 fully saturated rings. The van der Waals surface area contributed by atoms with Crippen LogP contribution in [0.15, 0.2) is 48.5 Å². The van der Waals surface area contributed by atoms with E-state index in [0.717, 1.165) is 17.0 Å². The van der Waals surface area contributed by atoms with E-state index in [0.29, 0.717) is 11.4 Å². The van der Waals surface area contributed by atoms with Crippen LogP contribution in [0.2, 0.25) is 5.02 Å². The first-order valence-electron chi connectivity index (χ1n) is 6.83. The maximum absolute atomic E-state index is 9.80. The quantitative estimate of drug-likeness (QED) is 0.854. The Bertz CT molecular complexity index is 603. The number of aliphatic hydroxyl groups is 1. The van der Waals surface area contributed by atoms with Crippen LogP contribution in [0.3, 0.4) is 0 Å². The minimum atomic E-state index is -0.501. The number of aliphatic hydroxyl groups excluding tert-OH is 1. The van der Waals surface area contributed by atoms with Gasteiger partial charge >= 0.3 is 0 Å². The van der Waals surface area contributed by atoms with Gasteiger partial charge in [-0.1, -0.05) is 35.9 Å². The van der Waals surface area contributed by atoms with Crippen molar-refractivity contribution in [3.8, 4) is 5.75 Å². The molecular formula is C17H20ClNO2. The van der Waals surface area contributed by atoms with E-state index < -0.39 is 5.54 Å². The largest absolute Gasteiger partial charge is 0.496 e. The lowest BCUT2D eigenvalue weighted by Crippen LogP contribution is -2.41. The van der Waals surface area contributed by atoms with Crippen LogP contribution in [0.1, 0.15) is 12.5 Å². The van der Waals surface area contributed by atoms with Gasteiger partial charge in [0.15, 0.2) is 0 Å². The molecule has 1 unspecified atom stereocenters. The Morgan fingerprint density at radius 1 is 1.19 bits per heavy atom. The Hall–Kier alpha value is -1.71. The summed E-state index contributed by atoms with van der Waals surface area (Å²) in [5, 5.41) is 13.8. The fourth-order valence-electron chi connectivity index (χ4n) is 2.32. The van der Waals surface area contributed by atoms with E-state index in [1.54, 1.807) is 7.11 Å². The number of para-hydroxylation sites is 1. The summed E-state index contributed by atoms with van der Waals surface area (Å²) in [5.41, 5.74) is 1.43. The highest BCUT2D eigenvalue weighted by Crippen LogP contribution is 2.26. The van der Waals surface area contributed by atoms with E-state index in [-0.39, 0.29) is 6.61 Å². The molecule has 0 saturated heterocycles. The summed E-state index contributed by atoms with van der Waals surface area (Å²) in [5.74, 6) is 0.824. The van der Waals surface area contributed by atoms with Crippen molar-refractivity contribution in [2.75, 3.05) is 19.0 Å². The molecule has 0 bridgehead atoms. The molecule has 112 valence electrons. The zero-order valence-electron chi connectivity index (χ0n) is 12.3. The molecule has 0 aromatic heterocycles. The smallest absolute Gasteiger partial charge is 0.122 e. The number of halogens is 1. The molecule has 0 aliphatic heterocycles. The third kappa shape index (κ3) is 4.13. The van der Waals surface area contributed by atoms with Crippen molar-refractivity contribution in [2.45, 2.75) is 18.9 Å². The lowest BCUT2D eigenvalue weighted by molar-refractivity contribution is 0.221. The van der Waals surface area contributed by atoms with Gasteiger partial charge in [-0.2, -0.15) is 0 Å². The van der Waals surface area contributed by atoms with E-state index in [2.05, 4.69) is 5.32 Å². The molecule has 0 aliphatic carbocycles. The van der Waals surface area contributed by atoms with Gasteiger partial charge in [0.25, 0.3) is 0 Å². The molecule has 0 radical (unpaired) electrons. The van der Waals surface area contributed by atoms with Crippen LogP contribution in [0.4, 0.5) is 5.69 Å². The summed E-state index contributed by atoms with van der Waals surface area (Å²) in [6.07, 6.45) is 0.639. The summed E-state index contributed by atoms with van der Waals surface area (Å²) in [7, 11) is 1.65. The van der Waals surface area contributed by atoms with Gasteiger partial charge in [-0.3, -0.25) is 0 Å². The summed E-state index contributed by atoms with van der Waals surface area (Å²) in [4.78, 5) is 0. The van der Waals surface area contributed by atoms with Crippen LogP contribution < -0.4 is 10.1 Å². The number of methoxy groups -OCH3 is 1. The maximum Gasteiger partial charge on any atom is 0.122 e. The Morgan fingerprint density at radius 2 is 1.95 bits per heavy atom. The molecule has 21 heavy (non-hydrogen) atoms. The fourth-order valence-corrected chi connectivity index (χ4v) is 2.51. The molecule has 0 amide bonds. The van der Waals surface area contributed by atoms with Crippen LogP contribution in [-0.2, 0) is 6.42 Å². The Kier molecular flexibility index (Phi) is 5.10. The monoisotopic (exact) mass is 305 g/mol. The second-order valence-electron chi connectivity index (χ2n) is 5.34. The van der Waals surface area contributed by atoms with Gasteiger partial charge < -0.3 is 15.2 Å². The van der Waals surface area contributed by atoms with Crippen molar-refractivity contribution >= 4 is 17.3 Å². The highest BCUT2D eigenvalue weighted by Gasteiger charge is 2.25. The van der Waals surface area contributed by atoms with E-state index >= 15 is 0 Å². The van der Waals surface area contributed by atoms with Gasteiger partial charge in [0.1, 0.15) is 5.75 Å². The van der Waals surface area contributed by atoms with Crippen LogP contribution in [0, 0.1) is 0 Å². The number of nitrogens with one attached hydrogen (secondary N) is 1. The van der Waals surface area contributed by atoms with Gasteiger partial charge in [0.05, 0.1) is 19.3 Å². The Labute approximate surface area is 130 Å². The standard InChI is InChI=1S/C17H20ClNO2/c1-17(12-20,19-15-8-5-7-14(18)10-15)11-13-6-3-4-9-16(13)21-2/h3-10,19-20H,11-12H2,1-2H3. The summed E-state index contributed by atoms with van der Waals surface area (Å²) >= 11 is 6.00. The first-order valence-corrected chi connectivity index (χ1v) is 7.20. The molecule has 0 saturated carbocycles. The van der Waals surface area contributed by atoms with Gasteiger partial charge in [0.2, 0.25) is 0 Å². The topological polar surface area (TPSA) is 41.5 Å². The number of hydrogen-bond acceptors (Lipinski definition) is 3. The van der Waals surface area contributed by atoms with E-state index in [9.17, 15) is 5.11 Å². The normalized spacial score (nSPS) is 13.5. The van der Waals surface area contributed by atoms with E-state index in [4.69, 9.17) is 16.3 Å². The van der Waals surface area contributed by atoms with Gasteiger partial charge in [-0.15, -0.1) is 0 Å². The minimum Gasteiger partial charge on any atom is -0.496 e. The second kappa shape index (κ2) is 6.83. The molecule has 2 aromatic carbocycles. The molecule has 2 N–H and O–H groups in total. The second-order valence-corrected chi connectivity index (χ2v) is 5.78. The van der Waals surface area contributed by atoms with Crippen LogP contribution in [0.25, 0.3) is 0 Å². The highest BCUT2D eigenvalue weighted by molar-refractivity contribution is 6.30. The van der Waals surface area contributed by atoms with Gasteiger partial charge in [-0.25, -0.2) is 0 Å². The van der Waals surface area contributed by atoms with Crippen LogP contribution >= 0.6 is 11.6 Å². The molecular weight excluding hydrogens is 286 g/mol. The zero-order chi connectivity index (χ0) is 15.3. The Morgan fingerprint density at radius 3 is 2.62 bits per heavy atom. The number of anilines is 1. The van der Waals surface area contributed by atoms with Crippen molar-refractivity contribution in [2.24, 2.45) is 0 Å². The van der Waals surface area contributed by atoms with Crippen molar-refractivity contribution in [3.05, 3.63) is 59.1 Å². The average Bonchev–Trinajstić information content (AvgIpc) is 2.47. The zero-order valence-corrected chi connectivity index (χ0v) is 13.0. The van der Waals surface area contributed by atoms with Crippen molar-refractivity contribution in [3.63, 3.8) is 0 Å². The SMILES string of the molecule is COc1ccccc1CC(C)(CO)Nc1cccc(Cl)c1. The van der Waals surface area contributed by atoms with Gasteiger partial charge in [0, 0.05) is 17.1 Å². The van der Waals surface area contributed by atoms with Crippen LogP contribution in [0.5, 0.6) is 5.75 Å². The maximum atomic E-state index is 9.80. The molecule has 2 aromatic rings. The van der Waals surface area contributed by atoms with Crippen LogP contribution in [-0.4, -0.2) is 24.4 Å². The average molecular weight is 306 g/mol. The predicted molar refractivity (Wildman–Crippen MR) is 87.3 cm³/mol.